The molecule has 2 heterocycles. The first-order valence-electron chi connectivity index (χ1n) is 9.74. The molecule has 25 heavy (non-hydrogen) atoms. The van der Waals surface area contributed by atoms with E-state index >= 15 is 0 Å². The van der Waals surface area contributed by atoms with Gasteiger partial charge in [-0.3, -0.25) is 4.99 Å². The van der Waals surface area contributed by atoms with Crippen molar-refractivity contribution in [3.05, 3.63) is 30.3 Å². The number of benzene rings is 1. The van der Waals surface area contributed by atoms with Crippen LogP contribution in [0.25, 0.3) is 0 Å². The minimum Gasteiger partial charge on any atom is -0.369 e. The number of rotatable bonds is 6. The summed E-state index contributed by atoms with van der Waals surface area (Å²) >= 11 is 0. The SMILES string of the molecule is CN=C(NCC(C)CN1CCCC1)NC1CCN(c2ccccc2)C1. The van der Waals surface area contributed by atoms with Crippen LogP contribution in [-0.4, -0.2) is 63.2 Å². The molecule has 0 aliphatic carbocycles. The Kier molecular flexibility index (Phi) is 6.56. The van der Waals surface area contributed by atoms with Gasteiger partial charge in [-0.1, -0.05) is 25.1 Å². The van der Waals surface area contributed by atoms with Crippen LogP contribution in [0, 0.1) is 5.92 Å². The molecule has 2 atom stereocenters. The summed E-state index contributed by atoms with van der Waals surface area (Å²) < 4.78 is 0. The number of hydrogen-bond donors (Lipinski definition) is 2. The minimum atomic E-state index is 0.459. The van der Waals surface area contributed by atoms with Crippen molar-refractivity contribution in [3.8, 4) is 0 Å². The van der Waals surface area contributed by atoms with Crippen molar-refractivity contribution in [2.45, 2.75) is 32.2 Å². The molecule has 2 aliphatic heterocycles. The fraction of sp³-hybridized carbons (Fsp3) is 0.650. The summed E-state index contributed by atoms with van der Waals surface area (Å²) in [5.74, 6) is 1.58. The van der Waals surface area contributed by atoms with Gasteiger partial charge in [-0.15, -0.1) is 0 Å². The second kappa shape index (κ2) is 9.09. The average molecular weight is 344 g/mol. The molecule has 2 unspecified atom stereocenters. The lowest BCUT2D eigenvalue weighted by molar-refractivity contribution is 0.287. The number of hydrogen-bond acceptors (Lipinski definition) is 3. The summed E-state index contributed by atoms with van der Waals surface area (Å²) in [6, 6.07) is 11.1. The van der Waals surface area contributed by atoms with Crippen molar-refractivity contribution in [3.63, 3.8) is 0 Å². The largest absolute Gasteiger partial charge is 0.369 e. The van der Waals surface area contributed by atoms with Gasteiger partial charge in [0.05, 0.1) is 0 Å². The monoisotopic (exact) mass is 343 g/mol. The number of likely N-dealkylation sites (tertiary alicyclic amines) is 1. The molecule has 1 aromatic carbocycles. The molecule has 0 radical (unpaired) electrons. The lowest BCUT2D eigenvalue weighted by Crippen LogP contribution is -2.46. The molecule has 138 valence electrons. The fourth-order valence-corrected chi connectivity index (χ4v) is 3.88. The molecule has 0 saturated carbocycles. The highest BCUT2D eigenvalue weighted by atomic mass is 15.2. The number of aliphatic imine (C=N–C) groups is 1. The van der Waals surface area contributed by atoms with E-state index in [4.69, 9.17) is 0 Å². The summed E-state index contributed by atoms with van der Waals surface area (Å²) in [6.07, 6.45) is 3.88. The van der Waals surface area contributed by atoms with Crippen LogP contribution in [0.5, 0.6) is 0 Å². The highest BCUT2D eigenvalue weighted by Crippen LogP contribution is 2.19. The quantitative estimate of drug-likeness (QED) is 0.614. The van der Waals surface area contributed by atoms with E-state index in [1.54, 1.807) is 0 Å². The molecular weight excluding hydrogens is 310 g/mol. The number of guanidine groups is 1. The van der Waals surface area contributed by atoms with Crippen molar-refractivity contribution in [2.75, 3.05) is 51.2 Å². The van der Waals surface area contributed by atoms with E-state index in [9.17, 15) is 0 Å². The summed E-state index contributed by atoms with van der Waals surface area (Å²) in [5.41, 5.74) is 1.31. The Morgan fingerprint density at radius 1 is 1.20 bits per heavy atom. The van der Waals surface area contributed by atoms with Crippen molar-refractivity contribution in [1.29, 1.82) is 0 Å². The molecule has 1 aromatic rings. The van der Waals surface area contributed by atoms with Crippen LogP contribution < -0.4 is 15.5 Å². The van der Waals surface area contributed by atoms with E-state index in [0.29, 0.717) is 12.0 Å². The van der Waals surface area contributed by atoms with Gasteiger partial charge in [0.1, 0.15) is 0 Å². The zero-order chi connectivity index (χ0) is 17.5. The number of nitrogens with zero attached hydrogens (tertiary/aromatic N) is 3. The first-order chi connectivity index (χ1) is 12.2. The van der Waals surface area contributed by atoms with Crippen LogP contribution in [0.1, 0.15) is 26.2 Å². The van der Waals surface area contributed by atoms with E-state index in [2.05, 4.69) is 62.7 Å². The Balaban J connectivity index is 1.40. The van der Waals surface area contributed by atoms with Gasteiger partial charge in [-0.2, -0.15) is 0 Å². The third-order valence-corrected chi connectivity index (χ3v) is 5.26. The smallest absolute Gasteiger partial charge is 0.191 e. The molecule has 2 fully saturated rings. The lowest BCUT2D eigenvalue weighted by Gasteiger charge is -2.23. The topological polar surface area (TPSA) is 42.9 Å². The van der Waals surface area contributed by atoms with Crippen LogP contribution >= 0.6 is 0 Å². The Morgan fingerprint density at radius 2 is 1.96 bits per heavy atom. The van der Waals surface area contributed by atoms with Crippen LogP contribution in [0.15, 0.2) is 35.3 Å². The molecule has 0 bridgehead atoms. The normalized spacial score (nSPS) is 23.0. The predicted octanol–water partition coefficient (Wildman–Crippen LogP) is 2.16. The zero-order valence-electron chi connectivity index (χ0n) is 15.7. The van der Waals surface area contributed by atoms with E-state index < -0.39 is 0 Å². The Hall–Kier alpha value is -1.75. The number of nitrogens with one attached hydrogen (secondary N) is 2. The zero-order valence-corrected chi connectivity index (χ0v) is 15.7. The molecule has 2 N–H and O–H groups in total. The van der Waals surface area contributed by atoms with Crippen LogP contribution in [0.2, 0.25) is 0 Å². The molecular formula is C20H33N5. The van der Waals surface area contributed by atoms with E-state index in [1.165, 1.54) is 38.2 Å². The summed E-state index contributed by atoms with van der Waals surface area (Å²) in [5, 5.41) is 7.12. The number of para-hydroxylation sites is 1. The van der Waals surface area contributed by atoms with Crippen LogP contribution in [0.4, 0.5) is 5.69 Å². The second-order valence-corrected chi connectivity index (χ2v) is 7.48. The lowest BCUT2D eigenvalue weighted by atomic mass is 10.1. The highest BCUT2D eigenvalue weighted by molar-refractivity contribution is 5.80. The van der Waals surface area contributed by atoms with E-state index in [1.807, 2.05) is 7.05 Å². The predicted molar refractivity (Wildman–Crippen MR) is 106 cm³/mol. The van der Waals surface area contributed by atoms with Crippen LogP contribution in [0.3, 0.4) is 0 Å². The van der Waals surface area contributed by atoms with Crippen molar-refractivity contribution in [2.24, 2.45) is 10.9 Å². The van der Waals surface area contributed by atoms with Gasteiger partial charge in [-0.05, 0) is 50.4 Å². The molecule has 5 heteroatoms. The second-order valence-electron chi connectivity index (χ2n) is 7.48. The van der Waals surface area contributed by atoms with Crippen LogP contribution in [-0.2, 0) is 0 Å². The average Bonchev–Trinajstić information content (AvgIpc) is 3.31. The van der Waals surface area contributed by atoms with E-state index in [-0.39, 0.29) is 0 Å². The summed E-state index contributed by atoms with van der Waals surface area (Å²) in [7, 11) is 1.87. The van der Waals surface area contributed by atoms with Gasteiger partial charge in [0.2, 0.25) is 0 Å². The number of anilines is 1. The molecule has 3 rings (SSSR count). The fourth-order valence-electron chi connectivity index (χ4n) is 3.88. The Morgan fingerprint density at radius 3 is 2.68 bits per heavy atom. The van der Waals surface area contributed by atoms with Gasteiger partial charge in [-0.25, -0.2) is 0 Å². The molecule has 0 spiro atoms. The standard InChI is InChI=1S/C20H33N5/c1-17(15-24-11-6-7-12-24)14-22-20(21-2)23-18-10-13-25(16-18)19-8-4-3-5-9-19/h3-5,8-9,17-18H,6-7,10-16H2,1-2H3,(H2,21,22,23). The third kappa shape index (κ3) is 5.36. The van der Waals surface area contributed by atoms with Gasteiger partial charge in [0, 0.05) is 45.0 Å². The highest BCUT2D eigenvalue weighted by Gasteiger charge is 2.23. The van der Waals surface area contributed by atoms with E-state index in [0.717, 1.165) is 32.0 Å². The molecule has 2 aliphatic rings. The Labute approximate surface area is 152 Å². The molecule has 0 amide bonds. The maximum atomic E-state index is 4.42. The first-order valence-corrected chi connectivity index (χ1v) is 9.74. The maximum Gasteiger partial charge on any atom is 0.191 e. The molecule has 2 saturated heterocycles. The minimum absolute atomic E-state index is 0.459. The third-order valence-electron chi connectivity index (χ3n) is 5.26. The summed E-state index contributed by atoms with van der Waals surface area (Å²) in [6.45, 7) is 9.17. The van der Waals surface area contributed by atoms with Gasteiger partial charge in [0.15, 0.2) is 5.96 Å². The van der Waals surface area contributed by atoms with Gasteiger partial charge >= 0.3 is 0 Å². The Bertz CT molecular complexity index is 538. The first kappa shape index (κ1) is 18.1. The molecule has 5 nitrogen and oxygen atoms in total. The van der Waals surface area contributed by atoms with Crippen molar-refractivity contribution >= 4 is 11.6 Å². The van der Waals surface area contributed by atoms with Gasteiger partial charge in [0.25, 0.3) is 0 Å². The summed E-state index contributed by atoms with van der Waals surface area (Å²) in [4.78, 5) is 9.44. The molecule has 0 aromatic heterocycles. The maximum absolute atomic E-state index is 4.42. The van der Waals surface area contributed by atoms with Crippen molar-refractivity contribution in [1.82, 2.24) is 15.5 Å². The van der Waals surface area contributed by atoms with Gasteiger partial charge < -0.3 is 20.4 Å². The van der Waals surface area contributed by atoms with Crippen molar-refractivity contribution < 1.29 is 0 Å².